The van der Waals surface area contributed by atoms with Gasteiger partial charge in [-0.3, -0.25) is 4.79 Å². The number of rotatable bonds is 7. The predicted octanol–water partition coefficient (Wildman–Crippen LogP) is 4.46. The average Bonchev–Trinajstić information content (AvgIpc) is 3.08. The SMILES string of the molecule is CC(=O)Nc1ccccc1CCC(=S)CCc1ccnc2[nH]ccc12. The van der Waals surface area contributed by atoms with Gasteiger partial charge in [0, 0.05) is 30.4 Å². The maximum Gasteiger partial charge on any atom is 0.221 e. The van der Waals surface area contributed by atoms with Crippen LogP contribution in [0.25, 0.3) is 11.0 Å². The fourth-order valence-electron chi connectivity index (χ4n) is 2.96. The predicted molar refractivity (Wildman–Crippen MR) is 106 cm³/mol. The van der Waals surface area contributed by atoms with Crippen LogP contribution in [0.15, 0.2) is 48.8 Å². The molecule has 2 N–H and O–H groups in total. The summed E-state index contributed by atoms with van der Waals surface area (Å²) in [6.45, 7) is 1.53. The number of para-hydroxylation sites is 1. The summed E-state index contributed by atoms with van der Waals surface area (Å²) in [7, 11) is 0. The van der Waals surface area contributed by atoms with Crippen LogP contribution in [0, 0.1) is 0 Å². The Morgan fingerprint density at radius 2 is 1.88 bits per heavy atom. The van der Waals surface area contributed by atoms with Crippen LogP contribution in [0.2, 0.25) is 0 Å². The number of amides is 1. The van der Waals surface area contributed by atoms with E-state index in [-0.39, 0.29) is 5.91 Å². The van der Waals surface area contributed by atoms with Crippen molar-refractivity contribution in [1.82, 2.24) is 9.97 Å². The number of hydrogen-bond donors (Lipinski definition) is 2. The minimum absolute atomic E-state index is 0.0526. The molecule has 25 heavy (non-hydrogen) atoms. The molecular weight excluding hydrogens is 330 g/mol. The highest BCUT2D eigenvalue weighted by Gasteiger charge is 2.07. The van der Waals surface area contributed by atoms with E-state index >= 15 is 0 Å². The molecule has 0 saturated carbocycles. The van der Waals surface area contributed by atoms with Crippen LogP contribution < -0.4 is 5.32 Å². The second-order valence-corrected chi connectivity index (χ2v) is 6.66. The Bertz CT molecular complexity index is 901. The van der Waals surface area contributed by atoms with Crippen molar-refractivity contribution in [3.63, 3.8) is 0 Å². The van der Waals surface area contributed by atoms with Gasteiger partial charge >= 0.3 is 0 Å². The minimum Gasteiger partial charge on any atom is -0.346 e. The summed E-state index contributed by atoms with van der Waals surface area (Å²) in [6, 6.07) is 12.0. The highest BCUT2D eigenvalue weighted by molar-refractivity contribution is 7.80. The largest absolute Gasteiger partial charge is 0.346 e. The summed E-state index contributed by atoms with van der Waals surface area (Å²) in [6.07, 6.45) is 7.23. The lowest BCUT2D eigenvalue weighted by molar-refractivity contribution is -0.114. The number of benzene rings is 1. The van der Waals surface area contributed by atoms with Gasteiger partial charge in [0.1, 0.15) is 5.65 Å². The molecule has 0 spiro atoms. The van der Waals surface area contributed by atoms with Crippen LogP contribution in [-0.2, 0) is 17.6 Å². The van der Waals surface area contributed by atoms with Crippen LogP contribution in [0.4, 0.5) is 5.69 Å². The Morgan fingerprint density at radius 1 is 1.12 bits per heavy atom. The lowest BCUT2D eigenvalue weighted by atomic mass is 10.0. The van der Waals surface area contributed by atoms with E-state index in [0.29, 0.717) is 0 Å². The number of aryl methyl sites for hydroxylation is 2. The molecule has 2 heterocycles. The molecule has 0 bridgehead atoms. The van der Waals surface area contributed by atoms with E-state index in [9.17, 15) is 4.79 Å². The topological polar surface area (TPSA) is 57.8 Å². The van der Waals surface area contributed by atoms with Crippen molar-refractivity contribution < 1.29 is 4.79 Å². The summed E-state index contributed by atoms with van der Waals surface area (Å²) in [5.41, 5.74) is 4.19. The zero-order valence-corrected chi connectivity index (χ0v) is 15.0. The van der Waals surface area contributed by atoms with Gasteiger partial charge in [-0.2, -0.15) is 0 Å². The summed E-state index contributed by atoms with van der Waals surface area (Å²) < 4.78 is 0. The molecule has 3 rings (SSSR count). The third kappa shape index (κ3) is 4.51. The van der Waals surface area contributed by atoms with E-state index in [1.54, 1.807) is 0 Å². The molecule has 0 saturated heterocycles. The Morgan fingerprint density at radius 3 is 2.68 bits per heavy atom. The number of nitrogens with one attached hydrogen (secondary N) is 2. The Labute approximate surface area is 152 Å². The number of pyridine rings is 1. The van der Waals surface area contributed by atoms with E-state index in [0.717, 1.165) is 47.4 Å². The molecule has 1 aromatic carbocycles. The number of carbonyl (C=O) groups is 1. The third-order valence-electron chi connectivity index (χ3n) is 4.22. The third-order valence-corrected chi connectivity index (χ3v) is 4.63. The lowest BCUT2D eigenvalue weighted by Crippen LogP contribution is -2.09. The van der Waals surface area contributed by atoms with Gasteiger partial charge in [0.2, 0.25) is 5.91 Å². The quantitative estimate of drug-likeness (QED) is 0.618. The number of hydrogen-bond acceptors (Lipinski definition) is 3. The molecule has 4 nitrogen and oxygen atoms in total. The van der Waals surface area contributed by atoms with E-state index < -0.39 is 0 Å². The zero-order chi connectivity index (χ0) is 17.6. The summed E-state index contributed by atoms with van der Waals surface area (Å²) in [5, 5.41) is 4.05. The van der Waals surface area contributed by atoms with Crippen molar-refractivity contribution in [2.24, 2.45) is 0 Å². The van der Waals surface area contributed by atoms with E-state index in [1.807, 2.05) is 36.7 Å². The fraction of sp³-hybridized carbons (Fsp3) is 0.250. The number of H-pyrrole nitrogens is 1. The second kappa shape index (κ2) is 8.03. The lowest BCUT2D eigenvalue weighted by Gasteiger charge is -2.10. The minimum atomic E-state index is -0.0526. The van der Waals surface area contributed by atoms with Crippen molar-refractivity contribution in [1.29, 1.82) is 0 Å². The second-order valence-electron chi connectivity index (χ2n) is 6.09. The Hall–Kier alpha value is -2.53. The molecule has 128 valence electrons. The maximum atomic E-state index is 11.3. The van der Waals surface area contributed by atoms with Crippen LogP contribution >= 0.6 is 12.2 Å². The molecule has 0 unspecified atom stereocenters. The number of carbonyl (C=O) groups excluding carboxylic acids is 1. The number of nitrogens with zero attached hydrogens (tertiary/aromatic N) is 1. The van der Waals surface area contributed by atoms with Crippen molar-refractivity contribution >= 4 is 39.7 Å². The zero-order valence-electron chi connectivity index (χ0n) is 14.2. The summed E-state index contributed by atoms with van der Waals surface area (Å²) in [5.74, 6) is -0.0526. The smallest absolute Gasteiger partial charge is 0.221 e. The standard InChI is InChI=1S/C20H21N3OS/c1-14(24)23-19-5-3-2-4-16(19)7-9-17(25)8-6-15-10-12-21-20-18(15)11-13-22-20/h2-5,10-13H,6-9H2,1H3,(H,21,22)(H,23,24). The highest BCUT2D eigenvalue weighted by atomic mass is 32.1. The summed E-state index contributed by atoms with van der Waals surface area (Å²) in [4.78, 5) is 19.8. The molecular formula is C20H21N3OS. The average molecular weight is 351 g/mol. The number of thiocarbonyl (C=S) groups is 1. The van der Waals surface area contributed by atoms with Gasteiger partial charge in [0.05, 0.1) is 0 Å². The van der Waals surface area contributed by atoms with Gasteiger partial charge in [0.15, 0.2) is 0 Å². The molecule has 2 aromatic heterocycles. The fourth-order valence-corrected chi connectivity index (χ4v) is 3.16. The van der Waals surface area contributed by atoms with Crippen LogP contribution in [0.1, 0.15) is 30.9 Å². The molecule has 0 atom stereocenters. The molecule has 0 fully saturated rings. The molecule has 0 aliphatic carbocycles. The Balaban J connectivity index is 1.57. The van der Waals surface area contributed by atoms with Crippen molar-refractivity contribution in [2.45, 2.75) is 32.6 Å². The van der Waals surface area contributed by atoms with Gasteiger partial charge in [0.25, 0.3) is 0 Å². The normalized spacial score (nSPS) is 10.8. The Kier molecular flexibility index (Phi) is 5.56. The van der Waals surface area contributed by atoms with Gasteiger partial charge in [-0.1, -0.05) is 30.4 Å². The van der Waals surface area contributed by atoms with Crippen molar-refractivity contribution in [3.05, 3.63) is 59.9 Å². The molecule has 0 aliphatic rings. The number of aromatic amines is 1. The number of fused-ring (bicyclic) bond motifs is 1. The highest BCUT2D eigenvalue weighted by Crippen LogP contribution is 2.20. The molecule has 1 amide bonds. The van der Waals surface area contributed by atoms with E-state index in [1.165, 1.54) is 17.9 Å². The molecule has 0 radical (unpaired) electrons. The first kappa shape index (κ1) is 17.3. The first-order chi connectivity index (χ1) is 12.1. The molecule has 3 aromatic rings. The van der Waals surface area contributed by atoms with Crippen molar-refractivity contribution in [3.8, 4) is 0 Å². The van der Waals surface area contributed by atoms with Gasteiger partial charge in [-0.15, -0.1) is 0 Å². The van der Waals surface area contributed by atoms with E-state index in [2.05, 4.69) is 27.4 Å². The van der Waals surface area contributed by atoms with Crippen molar-refractivity contribution in [2.75, 3.05) is 5.32 Å². The van der Waals surface area contributed by atoms with E-state index in [4.69, 9.17) is 12.2 Å². The first-order valence-electron chi connectivity index (χ1n) is 8.41. The summed E-state index contributed by atoms with van der Waals surface area (Å²) >= 11 is 5.57. The van der Waals surface area contributed by atoms with Gasteiger partial charge < -0.3 is 10.3 Å². The molecule has 5 heteroatoms. The van der Waals surface area contributed by atoms with Gasteiger partial charge in [-0.05, 0) is 59.9 Å². The van der Waals surface area contributed by atoms with Crippen LogP contribution in [0.5, 0.6) is 0 Å². The number of anilines is 1. The van der Waals surface area contributed by atoms with Crippen LogP contribution in [-0.4, -0.2) is 20.7 Å². The monoisotopic (exact) mass is 351 g/mol. The van der Waals surface area contributed by atoms with Gasteiger partial charge in [-0.25, -0.2) is 4.98 Å². The number of aromatic nitrogens is 2. The molecule has 0 aliphatic heterocycles. The first-order valence-corrected chi connectivity index (χ1v) is 8.82. The maximum absolute atomic E-state index is 11.3. The van der Waals surface area contributed by atoms with Crippen LogP contribution in [0.3, 0.4) is 0 Å².